The fourth-order valence-electron chi connectivity index (χ4n) is 5.76. The lowest BCUT2D eigenvalue weighted by Crippen LogP contribution is -2.15. The van der Waals surface area contributed by atoms with Gasteiger partial charge in [-0.05, 0) is 59.0 Å². The summed E-state index contributed by atoms with van der Waals surface area (Å²) in [4.78, 5) is 12.1. The number of phenolic OH excluding ortho intramolecular Hbond substituents is 1. The predicted molar refractivity (Wildman–Crippen MR) is 159 cm³/mol. The molecule has 4 heteroatoms. The Labute approximate surface area is 227 Å². The number of hydrogen-bond acceptors (Lipinski definition) is 4. The first-order valence-electron chi connectivity index (χ1n) is 13.2. The highest BCUT2D eigenvalue weighted by Gasteiger charge is 2.38. The van der Waals surface area contributed by atoms with Gasteiger partial charge in [-0.15, -0.1) is 0 Å². The molecule has 0 spiro atoms. The van der Waals surface area contributed by atoms with Gasteiger partial charge in [0.25, 0.3) is 0 Å². The summed E-state index contributed by atoms with van der Waals surface area (Å²) in [5, 5.41) is 13.0. The number of aromatic nitrogens is 2. The first-order chi connectivity index (χ1) is 19.0. The maximum atomic E-state index is 10.8. The van der Waals surface area contributed by atoms with E-state index in [0.717, 1.165) is 61.6 Å². The highest BCUT2D eigenvalue weighted by molar-refractivity contribution is 5.88. The Kier molecular flexibility index (Phi) is 5.24. The molecule has 0 saturated carbocycles. The number of pyridine rings is 2. The molecule has 0 saturated heterocycles. The van der Waals surface area contributed by atoms with Gasteiger partial charge in [0, 0.05) is 39.5 Å². The van der Waals surface area contributed by atoms with Crippen molar-refractivity contribution in [2.75, 3.05) is 4.90 Å². The zero-order chi connectivity index (χ0) is 26.6. The molecule has 0 bridgehead atoms. The van der Waals surface area contributed by atoms with Crippen LogP contribution in [0.2, 0.25) is 0 Å². The molecule has 6 aromatic rings. The van der Waals surface area contributed by atoms with E-state index in [9.17, 15) is 5.11 Å². The molecular formula is C35H27N3O. The quantitative estimate of drug-likeness (QED) is 0.260. The minimum absolute atomic E-state index is 0.220. The van der Waals surface area contributed by atoms with Crippen LogP contribution in [0.15, 0.2) is 121 Å². The third kappa shape index (κ3) is 3.76. The van der Waals surface area contributed by atoms with Gasteiger partial charge in [-0.2, -0.15) is 0 Å². The smallest absolute Gasteiger partial charge is 0.138 e. The SMILES string of the molecule is CC1(C)c2ccc(-c3cccc(N(c4ccccc4)c4cc5ccccc5cn4)c3)nc2-c2c(O)cccc21. The highest BCUT2D eigenvalue weighted by atomic mass is 16.3. The van der Waals surface area contributed by atoms with E-state index in [1.165, 1.54) is 0 Å². The highest BCUT2D eigenvalue weighted by Crippen LogP contribution is 2.51. The standard InChI is InChI=1S/C35H27N3O/c1-35(2)28-16-9-17-31(39)33(28)34-29(35)18-19-30(37-34)24-12-8-15-27(20-24)38(26-13-4-3-5-14-26)32-21-23-10-6-7-11-25(23)22-36-32/h3-22,39H,1-2H3. The average molecular weight is 506 g/mol. The average Bonchev–Trinajstić information content (AvgIpc) is 3.21. The topological polar surface area (TPSA) is 49.2 Å². The van der Waals surface area contributed by atoms with Crippen molar-refractivity contribution in [3.63, 3.8) is 0 Å². The van der Waals surface area contributed by atoms with Crippen molar-refractivity contribution in [1.29, 1.82) is 0 Å². The van der Waals surface area contributed by atoms with Crippen LogP contribution in [0.4, 0.5) is 17.2 Å². The van der Waals surface area contributed by atoms with E-state index in [4.69, 9.17) is 9.97 Å². The molecule has 0 unspecified atom stereocenters. The zero-order valence-electron chi connectivity index (χ0n) is 21.8. The molecule has 0 fully saturated rings. The molecular weight excluding hydrogens is 478 g/mol. The largest absolute Gasteiger partial charge is 0.507 e. The van der Waals surface area contributed by atoms with Crippen molar-refractivity contribution in [2.24, 2.45) is 0 Å². The lowest BCUT2D eigenvalue weighted by Gasteiger charge is -2.25. The van der Waals surface area contributed by atoms with E-state index >= 15 is 0 Å². The number of rotatable bonds is 4. The maximum absolute atomic E-state index is 10.8. The molecule has 2 aromatic heterocycles. The van der Waals surface area contributed by atoms with E-state index in [1.807, 2.05) is 36.5 Å². The summed E-state index contributed by atoms with van der Waals surface area (Å²) in [6, 6.07) is 39.1. The number of fused-ring (bicyclic) bond motifs is 4. The molecule has 1 aliphatic carbocycles. The molecule has 0 amide bonds. The molecule has 4 aromatic carbocycles. The maximum Gasteiger partial charge on any atom is 0.138 e. The number of nitrogens with zero attached hydrogens (tertiary/aromatic N) is 3. The second-order valence-corrected chi connectivity index (χ2v) is 10.5. The molecule has 4 nitrogen and oxygen atoms in total. The van der Waals surface area contributed by atoms with Gasteiger partial charge in [-0.1, -0.05) is 86.6 Å². The van der Waals surface area contributed by atoms with Gasteiger partial charge < -0.3 is 5.11 Å². The normalized spacial score (nSPS) is 13.2. The van der Waals surface area contributed by atoms with E-state index < -0.39 is 0 Å². The third-order valence-electron chi connectivity index (χ3n) is 7.78. The molecule has 0 aliphatic heterocycles. The Balaban J connectivity index is 1.36. The number of anilines is 3. The van der Waals surface area contributed by atoms with E-state index in [-0.39, 0.29) is 11.2 Å². The molecule has 0 radical (unpaired) electrons. The molecule has 2 heterocycles. The van der Waals surface area contributed by atoms with Crippen LogP contribution >= 0.6 is 0 Å². The van der Waals surface area contributed by atoms with Crippen LogP contribution in [-0.2, 0) is 5.41 Å². The van der Waals surface area contributed by atoms with Crippen LogP contribution in [0.5, 0.6) is 5.75 Å². The Morgan fingerprint density at radius 2 is 1.41 bits per heavy atom. The van der Waals surface area contributed by atoms with Gasteiger partial charge in [0.2, 0.25) is 0 Å². The van der Waals surface area contributed by atoms with Gasteiger partial charge in [0.15, 0.2) is 0 Å². The third-order valence-corrected chi connectivity index (χ3v) is 7.78. The van der Waals surface area contributed by atoms with Crippen LogP contribution in [0, 0.1) is 0 Å². The Bertz CT molecular complexity index is 1860. The van der Waals surface area contributed by atoms with Crippen molar-refractivity contribution < 1.29 is 5.11 Å². The van der Waals surface area contributed by atoms with E-state index in [0.29, 0.717) is 0 Å². The molecule has 0 atom stereocenters. The molecule has 1 aliphatic rings. The van der Waals surface area contributed by atoms with Crippen LogP contribution in [0.25, 0.3) is 33.3 Å². The molecule has 7 rings (SSSR count). The van der Waals surface area contributed by atoms with E-state index in [1.54, 1.807) is 6.07 Å². The summed E-state index contributed by atoms with van der Waals surface area (Å²) in [6.45, 7) is 4.38. The summed E-state index contributed by atoms with van der Waals surface area (Å²) in [5.74, 6) is 1.12. The van der Waals surface area contributed by atoms with Crippen LogP contribution in [0.3, 0.4) is 0 Å². The van der Waals surface area contributed by atoms with Gasteiger partial charge in [0.05, 0.1) is 11.4 Å². The monoisotopic (exact) mass is 505 g/mol. The van der Waals surface area contributed by atoms with Gasteiger partial charge >= 0.3 is 0 Å². The molecule has 188 valence electrons. The summed E-state index contributed by atoms with van der Waals surface area (Å²) < 4.78 is 0. The zero-order valence-corrected chi connectivity index (χ0v) is 21.8. The first-order valence-corrected chi connectivity index (χ1v) is 13.2. The number of hydrogen-bond donors (Lipinski definition) is 1. The minimum atomic E-state index is -0.220. The minimum Gasteiger partial charge on any atom is -0.507 e. The van der Waals surface area contributed by atoms with Gasteiger partial charge in [-0.3, -0.25) is 4.90 Å². The van der Waals surface area contributed by atoms with Crippen molar-refractivity contribution in [3.8, 4) is 28.3 Å². The van der Waals surface area contributed by atoms with Crippen molar-refractivity contribution >= 4 is 28.0 Å². The lowest BCUT2D eigenvalue weighted by molar-refractivity contribution is 0.476. The number of aromatic hydroxyl groups is 1. The van der Waals surface area contributed by atoms with Crippen LogP contribution in [-0.4, -0.2) is 15.1 Å². The molecule has 1 N–H and O–H groups in total. The fraction of sp³-hybridized carbons (Fsp3) is 0.0857. The predicted octanol–water partition coefficient (Wildman–Crippen LogP) is 8.78. The van der Waals surface area contributed by atoms with E-state index in [2.05, 4.69) is 97.6 Å². The summed E-state index contributed by atoms with van der Waals surface area (Å²) in [6.07, 6.45) is 1.93. The van der Waals surface area contributed by atoms with Crippen molar-refractivity contribution in [3.05, 3.63) is 133 Å². The fourth-order valence-corrected chi connectivity index (χ4v) is 5.76. The van der Waals surface area contributed by atoms with Crippen molar-refractivity contribution in [1.82, 2.24) is 9.97 Å². The first kappa shape index (κ1) is 23.2. The second kappa shape index (κ2) is 8.81. The summed E-state index contributed by atoms with van der Waals surface area (Å²) in [7, 11) is 0. The number of para-hydroxylation sites is 1. The Morgan fingerprint density at radius 3 is 2.26 bits per heavy atom. The van der Waals surface area contributed by atoms with Crippen LogP contribution < -0.4 is 4.90 Å². The Morgan fingerprint density at radius 1 is 0.667 bits per heavy atom. The summed E-state index contributed by atoms with van der Waals surface area (Å²) in [5.41, 5.74) is 7.59. The van der Waals surface area contributed by atoms with Crippen LogP contribution in [0.1, 0.15) is 25.0 Å². The summed E-state index contributed by atoms with van der Waals surface area (Å²) >= 11 is 0. The Hall–Kier alpha value is -4.96. The van der Waals surface area contributed by atoms with Crippen molar-refractivity contribution in [2.45, 2.75) is 19.3 Å². The second-order valence-electron chi connectivity index (χ2n) is 10.5. The van der Waals surface area contributed by atoms with Gasteiger partial charge in [0.1, 0.15) is 11.6 Å². The number of benzene rings is 4. The molecule has 39 heavy (non-hydrogen) atoms. The number of phenols is 1. The lowest BCUT2D eigenvalue weighted by atomic mass is 9.83. The van der Waals surface area contributed by atoms with Gasteiger partial charge in [-0.25, -0.2) is 9.97 Å².